The summed E-state index contributed by atoms with van der Waals surface area (Å²) in [4.78, 5) is 27.1. The summed E-state index contributed by atoms with van der Waals surface area (Å²) in [5, 5.41) is 6.10. The van der Waals surface area contributed by atoms with E-state index in [1.165, 1.54) is 18.9 Å². The van der Waals surface area contributed by atoms with Crippen molar-refractivity contribution in [1.29, 1.82) is 0 Å². The van der Waals surface area contributed by atoms with E-state index >= 15 is 0 Å². The highest BCUT2D eigenvalue weighted by atomic mass is 32.2. The van der Waals surface area contributed by atoms with E-state index in [2.05, 4.69) is 20.4 Å². The molecule has 2 amide bonds. The van der Waals surface area contributed by atoms with Crippen molar-refractivity contribution in [3.05, 3.63) is 36.7 Å². The van der Waals surface area contributed by atoms with E-state index in [1.807, 2.05) is 17.8 Å². The zero-order valence-electron chi connectivity index (χ0n) is 12.2. The van der Waals surface area contributed by atoms with E-state index in [1.54, 1.807) is 30.5 Å². The first kappa shape index (κ1) is 15.9. The largest absolute Gasteiger partial charge is 0.453 e. The number of hydrogen-bond donors (Lipinski definition) is 2. The van der Waals surface area contributed by atoms with Gasteiger partial charge in [0.05, 0.1) is 12.9 Å². The van der Waals surface area contributed by atoms with E-state index in [9.17, 15) is 9.59 Å². The van der Waals surface area contributed by atoms with Crippen molar-refractivity contribution in [2.75, 3.05) is 23.5 Å². The van der Waals surface area contributed by atoms with Crippen LogP contribution in [0.1, 0.15) is 0 Å². The molecule has 0 atom stereocenters. The topological polar surface area (TPSA) is 85.2 Å². The molecular formula is C14H16N4O3S. The third-order valence-corrected chi connectivity index (χ3v) is 3.77. The highest BCUT2D eigenvalue weighted by molar-refractivity contribution is 7.99. The van der Waals surface area contributed by atoms with Gasteiger partial charge < -0.3 is 14.6 Å². The van der Waals surface area contributed by atoms with Crippen LogP contribution in [-0.2, 0) is 16.6 Å². The summed E-state index contributed by atoms with van der Waals surface area (Å²) in [5.74, 6) is 0.147. The molecule has 2 N–H and O–H groups in total. The molecule has 116 valence electrons. The molecule has 0 aliphatic carbocycles. The fourth-order valence-electron chi connectivity index (χ4n) is 1.62. The molecule has 1 heterocycles. The normalized spacial score (nSPS) is 10.1. The third kappa shape index (κ3) is 4.52. The molecule has 8 heteroatoms. The monoisotopic (exact) mass is 320 g/mol. The Morgan fingerprint density at radius 2 is 1.86 bits per heavy atom. The van der Waals surface area contributed by atoms with Crippen molar-refractivity contribution < 1.29 is 14.3 Å². The van der Waals surface area contributed by atoms with Gasteiger partial charge in [-0.3, -0.25) is 10.1 Å². The smallest absolute Gasteiger partial charge is 0.411 e. The van der Waals surface area contributed by atoms with E-state index in [4.69, 9.17) is 0 Å². The molecular weight excluding hydrogens is 304 g/mol. The second-order valence-corrected chi connectivity index (χ2v) is 5.29. The molecule has 0 spiro atoms. The number of nitrogens with one attached hydrogen (secondary N) is 2. The second kappa shape index (κ2) is 7.51. The number of thioether (sulfide) groups is 1. The lowest BCUT2D eigenvalue weighted by Gasteiger charge is -2.07. The predicted octanol–water partition coefficient (Wildman–Crippen LogP) is 2.33. The number of imidazole rings is 1. The molecule has 0 radical (unpaired) electrons. The van der Waals surface area contributed by atoms with Crippen molar-refractivity contribution in [3.8, 4) is 0 Å². The van der Waals surface area contributed by atoms with Crippen LogP contribution in [0.2, 0.25) is 0 Å². The lowest BCUT2D eigenvalue weighted by molar-refractivity contribution is -0.113. The van der Waals surface area contributed by atoms with Crippen LogP contribution in [0.5, 0.6) is 0 Å². The fraction of sp³-hybridized carbons (Fsp3) is 0.214. The van der Waals surface area contributed by atoms with Crippen LogP contribution in [-0.4, -0.2) is 34.4 Å². The van der Waals surface area contributed by atoms with Gasteiger partial charge >= 0.3 is 6.09 Å². The minimum Gasteiger partial charge on any atom is -0.453 e. The number of hydrogen-bond acceptors (Lipinski definition) is 5. The summed E-state index contributed by atoms with van der Waals surface area (Å²) < 4.78 is 6.35. The van der Waals surface area contributed by atoms with Crippen LogP contribution in [0.4, 0.5) is 16.2 Å². The first-order valence-corrected chi connectivity index (χ1v) is 7.42. The van der Waals surface area contributed by atoms with Crippen molar-refractivity contribution in [1.82, 2.24) is 9.55 Å². The van der Waals surface area contributed by atoms with Gasteiger partial charge in [0.2, 0.25) is 5.91 Å². The summed E-state index contributed by atoms with van der Waals surface area (Å²) in [6.45, 7) is 0. The number of aryl methyl sites for hydroxylation is 1. The average Bonchev–Trinajstić information content (AvgIpc) is 2.92. The Kier molecular flexibility index (Phi) is 5.42. The average molecular weight is 320 g/mol. The number of benzene rings is 1. The van der Waals surface area contributed by atoms with Gasteiger partial charge in [-0.1, -0.05) is 11.8 Å². The molecule has 0 unspecified atom stereocenters. The molecule has 0 fully saturated rings. The van der Waals surface area contributed by atoms with Crippen LogP contribution in [0.15, 0.2) is 41.8 Å². The highest BCUT2D eigenvalue weighted by Gasteiger charge is 2.07. The molecule has 0 aliphatic rings. The van der Waals surface area contributed by atoms with Crippen molar-refractivity contribution >= 4 is 35.1 Å². The second-order valence-electron chi connectivity index (χ2n) is 4.35. The van der Waals surface area contributed by atoms with Gasteiger partial charge in [-0.25, -0.2) is 9.78 Å². The Morgan fingerprint density at radius 3 is 2.41 bits per heavy atom. The standard InChI is InChI=1S/C14H16N4O3S/c1-18-8-7-15-13(18)22-9-12(19)16-10-3-5-11(6-4-10)17-14(20)21-2/h3-8H,9H2,1-2H3,(H,16,19)(H,17,20). The van der Waals surface area contributed by atoms with Crippen molar-refractivity contribution in [2.24, 2.45) is 7.05 Å². The summed E-state index contributed by atoms with van der Waals surface area (Å²) in [6, 6.07) is 6.76. The number of aromatic nitrogens is 2. The maximum absolute atomic E-state index is 11.9. The fourth-order valence-corrected chi connectivity index (χ4v) is 2.36. The molecule has 0 saturated carbocycles. The predicted molar refractivity (Wildman–Crippen MR) is 85.0 cm³/mol. The first-order chi connectivity index (χ1) is 10.6. The number of amides is 2. The van der Waals surface area contributed by atoms with Crippen molar-refractivity contribution in [2.45, 2.75) is 5.16 Å². The number of carbonyl (C=O) groups excluding carboxylic acids is 2. The lowest BCUT2D eigenvalue weighted by atomic mass is 10.3. The van der Waals surface area contributed by atoms with Gasteiger partial charge in [0.25, 0.3) is 0 Å². The zero-order chi connectivity index (χ0) is 15.9. The molecule has 22 heavy (non-hydrogen) atoms. The van der Waals surface area contributed by atoms with Crippen LogP contribution in [0.3, 0.4) is 0 Å². The molecule has 0 bridgehead atoms. The molecule has 0 saturated heterocycles. The van der Waals surface area contributed by atoms with Crippen molar-refractivity contribution in [3.63, 3.8) is 0 Å². The Hall–Kier alpha value is -2.48. The Balaban J connectivity index is 1.84. The third-order valence-electron chi connectivity index (χ3n) is 2.71. The minimum absolute atomic E-state index is 0.123. The number of nitrogens with zero attached hydrogens (tertiary/aromatic N) is 2. The van der Waals surface area contributed by atoms with Gasteiger partial charge in [0.15, 0.2) is 5.16 Å². The summed E-state index contributed by atoms with van der Waals surface area (Å²) in [5.41, 5.74) is 1.24. The Morgan fingerprint density at radius 1 is 1.23 bits per heavy atom. The molecule has 2 rings (SSSR count). The number of rotatable bonds is 5. The molecule has 2 aromatic rings. The molecule has 7 nitrogen and oxygen atoms in total. The molecule has 0 aliphatic heterocycles. The molecule has 1 aromatic carbocycles. The Labute approximate surface area is 132 Å². The number of anilines is 2. The van der Waals surface area contributed by atoms with E-state index < -0.39 is 6.09 Å². The maximum Gasteiger partial charge on any atom is 0.411 e. The van der Waals surface area contributed by atoms with Gasteiger partial charge in [-0.2, -0.15) is 0 Å². The van der Waals surface area contributed by atoms with Gasteiger partial charge in [0, 0.05) is 30.8 Å². The van der Waals surface area contributed by atoms with E-state index in [0.29, 0.717) is 11.4 Å². The minimum atomic E-state index is -0.539. The summed E-state index contributed by atoms with van der Waals surface area (Å²) in [7, 11) is 3.17. The number of ether oxygens (including phenoxy) is 1. The van der Waals surface area contributed by atoms with E-state index in [0.717, 1.165) is 5.16 Å². The SMILES string of the molecule is COC(=O)Nc1ccc(NC(=O)CSc2nccn2C)cc1. The van der Waals surface area contributed by atoms with Gasteiger partial charge in [-0.05, 0) is 24.3 Å². The van der Waals surface area contributed by atoms with E-state index in [-0.39, 0.29) is 11.7 Å². The van der Waals surface area contributed by atoms with Crippen LogP contribution >= 0.6 is 11.8 Å². The van der Waals surface area contributed by atoms with Gasteiger partial charge in [-0.15, -0.1) is 0 Å². The Bertz CT molecular complexity index is 654. The zero-order valence-corrected chi connectivity index (χ0v) is 13.0. The number of carbonyl (C=O) groups is 2. The molecule has 1 aromatic heterocycles. The number of methoxy groups -OCH3 is 1. The van der Waals surface area contributed by atoms with Crippen LogP contribution in [0.25, 0.3) is 0 Å². The van der Waals surface area contributed by atoms with Crippen LogP contribution < -0.4 is 10.6 Å². The summed E-state index contributed by atoms with van der Waals surface area (Å²) >= 11 is 1.36. The highest BCUT2D eigenvalue weighted by Crippen LogP contribution is 2.17. The quantitative estimate of drug-likeness (QED) is 0.826. The van der Waals surface area contributed by atoms with Gasteiger partial charge in [0.1, 0.15) is 0 Å². The lowest BCUT2D eigenvalue weighted by Crippen LogP contribution is -2.14. The maximum atomic E-state index is 11.9. The summed E-state index contributed by atoms with van der Waals surface area (Å²) in [6.07, 6.45) is 2.98. The first-order valence-electron chi connectivity index (χ1n) is 6.43. The van der Waals surface area contributed by atoms with Crippen LogP contribution in [0, 0.1) is 0 Å².